The van der Waals surface area contributed by atoms with Gasteiger partial charge in [-0.25, -0.2) is 4.79 Å². The third kappa shape index (κ3) is 2.31. The van der Waals surface area contributed by atoms with Crippen molar-refractivity contribution in [3.63, 3.8) is 0 Å². The summed E-state index contributed by atoms with van der Waals surface area (Å²) in [5, 5.41) is 9.13. The van der Waals surface area contributed by atoms with E-state index in [9.17, 15) is 4.79 Å². The fourth-order valence-corrected chi connectivity index (χ4v) is 1.98. The van der Waals surface area contributed by atoms with Gasteiger partial charge >= 0.3 is 5.97 Å². The van der Waals surface area contributed by atoms with Gasteiger partial charge in [-0.1, -0.05) is 0 Å². The van der Waals surface area contributed by atoms with Crippen molar-refractivity contribution in [2.24, 2.45) is 0 Å². The van der Waals surface area contributed by atoms with Gasteiger partial charge in [-0.3, -0.25) is 0 Å². The maximum absolute atomic E-state index is 11.1. The maximum atomic E-state index is 11.1. The first kappa shape index (κ1) is 11.3. The molecule has 1 aromatic carbocycles. The second kappa shape index (κ2) is 4.76. The summed E-state index contributed by atoms with van der Waals surface area (Å²) in [6.07, 6.45) is 0. The number of hydrogen-bond donors (Lipinski definition) is 2. The number of rotatable bonds is 2. The van der Waals surface area contributed by atoms with Gasteiger partial charge in [0, 0.05) is 18.0 Å². The highest BCUT2D eigenvalue weighted by Crippen LogP contribution is 2.24. The third-order valence-electron chi connectivity index (χ3n) is 2.56. The Morgan fingerprint density at radius 3 is 2.69 bits per heavy atom. The maximum Gasteiger partial charge on any atom is 0.337 e. The number of thiol groups is 1. The van der Waals surface area contributed by atoms with Crippen LogP contribution in [0.2, 0.25) is 0 Å². The van der Waals surface area contributed by atoms with Crippen molar-refractivity contribution in [2.45, 2.75) is 4.90 Å². The standard InChI is InChI=1S/C11H13NO3S/c13-11(14)9-7-8(16)1-2-10(9)12-3-5-15-6-4-12/h1-2,7,16H,3-6H2,(H,13,14). The van der Waals surface area contributed by atoms with Crippen molar-refractivity contribution in [3.8, 4) is 0 Å². The Hall–Kier alpha value is -1.20. The van der Waals surface area contributed by atoms with Crippen LogP contribution in [0.1, 0.15) is 10.4 Å². The van der Waals surface area contributed by atoms with E-state index in [0.717, 1.165) is 18.8 Å². The van der Waals surface area contributed by atoms with Crippen molar-refractivity contribution in [1.29, 1.82) is 0 Å². The molecule has 0 amide bonds. The summed E-state index contributed by atoms with van der Waals surface area (Å²) in [5.74, 6) is -0.919. The van der Waals surface area contributed by atoms with E-state index in [0.29, 0.717) is 23.7 Å². The average molecular weight is 239 g/mol. The van der Waals surface area contributed by atoms with E-state index in [1.165, 1.54) is 0 Å². The molecule has 1 fully saturated rings. The minimum atomic E-state index is -0.919. The lowest BCUT2D eigenvalue weighted by molar-refractivity contribution is 0.0696. The molecular weight excluding hydrogens is 226 g/mol. The van der Waals surface area contributed by atoms with Crippen molar-refractivity contribution in [1.82, 2.24) is 0 Å². The predicted molar refractivity (Wildman–Crippen MR) is 63.7 cm³/mol. The van der Waals surface area contributed by atoms with Gasteiger partial charge in [0.05, 0.1) is 24.5 Å². The van der Waals surface area contributed by atoms with Crippen LogP contribution in [0.25, 0.3) is 0 Å². The number of carboxylic acids is 1. The summed E-state index contributed by atoms with van der Waals surface area (Å²) in [7, 11) is 0. The zero-order valence-electron chi connectivity index (χ0n) is 8.72. The molecule has 5 heteroatoms. The largest absolute Gasteiger partial charge is 0.478 e. The molecule has 16 heavy (non-hydrogen) atoms. The fraction of sp³-hybridized carbons (Fsp3) is 0.364. The van der Waals surface area contributed by atoms with Crippen LogP contribution in [-0.4, -0.2) is 37.4 Å². The molecule has 0 radical (unpaired) electrons. The van der Waals surface area contributed by atoms with Gasteiger partial charge in [0.1, 0.15) is 0 Å². The molecule has 0 spiro atoms. The van der Waals surface area contributed by atoms with E-state index in [1.807, 2.05) is 4.90 Å². The van der Waals surface area contributed by atoms with Crippen molar-refractivity contribution < 1.29 is 14.6 Å². The third-order valence-corrected chi connectivity index (χ3v) is 2.84. The van der Waals surface area contributed by atoms with Crippen LogP contribution in [0.5, 0.6) is 0 Å². The normalized spacial score (nSPS) is 16.2. The Labute approximate surface area is 99.2 Å². The second-order valence-corrected chi connectivity index (χ2v) is 4.12. The molecule has 1 saturated heterocycles. The number of carboxylic acid groups (broad SMARTS) is 1. The quantitative estimate of drug-likeness (QED) is 0.768. The van der Waals surface area contributed by atoms with E-state index in [4.69, 9.17) is 9.84 Å². The highest BCUT2D eigenvalue weighted by atomic mass is 32.1. The Kier molecular flexibility index (Phi) is 3.36. The van der Waals surface area contributed by atoms with Crippen LogP contribution in [0.15, 0.2) is 23.1 Å². The molecule has 1 N–H and O–H groups in total. The van der Waals surface area contributed by atoms with Gasteiger partial charge in [0.15, 0.2) is 0 Å². The molecule has 0 saturated carbocycles. The summed E-state index contributed by atoms with van der Waals surface area (Å²) in [6.45, 7) is 2.74. The molecule has 86 valence electrons. The molecule has 4 nitrogen and oxygen atoms in total. The molecule has 1 aromatic rings. The zero-order valence-corrected chi connectivity index (χ0v) is 9.61. The first-order valence-corrected chi connectivity index (χ1v) is 5.52. The van der Waals surface area contributed by atoms with E-state index >= 15 is 0 Å². The number of aromatic carboxylic acids is 1. The van der Waals surface area contributed by atoms with Gasteiger partial charge in [-0.15, -0.1) is 12.6 Å². The number of carbonyl (C=O) groups is 1. The molecule has 0 aromatic heterocycles. The zero-order chi connectivity index (χ0) is 11.5. The number of morpholine rings is 1. The van der Waals surface area contributed by atoms with Gasteiger partial charge in [0.2, 0.25) is 0 Å². The number of anilines is 1. The van der Waals surface area contributed by atoms with Gasteiger partial charge in [0.25, 0.3) is 0 Å². The Bertz CT molecular complexity index is 402. The van der Waals surface area contributed by atoms with E-state index in [1.54, 1.807) is 18.2 Å². The van der Waals surface area contributed by atoms with Crippen molar-refractivity contribution in [2.75, 3.05) is 31.2 Å². The summed E-state index contributed by atoms with van der Waals surface area (Å²) in [5.41, 5.74) is 1.04. The minimum Gasteiger partial charge on any atom is -0.478 e. The van der Waals surface area contributed by atoms with Crippen LogP contribution in [0.4, 0.5) is 5.69 Å². The Balaban J connectivity index is 2.34. The topological polar surface area (TPSA) is 49.8 Å². The van der Waals surface area contributed by atoms with E-state index in [-0.39, 0.29) is 0 Å². The highest BCUT2D eigenvalue weighted by Gasteiger charge is 2.18. The summed E-state index contributed by atoms with van der Waals surface area (Å²) in [6, 6.07) is 5.19. The smallest absolute Gasteiger partial charge is 0.337 e. The van der Waals surface area contributed by atoms with Crippen molar-refractivity contribution in [3.05, 3.63) is 23.8 Å². The van der Waals surface area contributed by atoms with Crippen LogP contribution < -0.4 is 4.90 Å². The molecule has 1 heterocycles. The van der Waals surface area contributed by atoms with E-state index < -0.39 is 5.97 Å². The van der Waals surface area contributed by atoms with Gasteiger partial charge in [-0.05, 0) is 18.2 Å². The first-order chi connectivity index (χ1) is 7.68. The summed E-state index contributed by atoms with van der Waals surface area (Å²) < 4.78 is 5.24. The number of benzene rings is 1. The molecular formula is C11H13NO3S. The minimum absolute atomic E-state index is 0.300. The Morgan fingerprint density at radius 2 is 2.06 bits per heavy atom. The molecule has 0 aliphatic carbocycles. The van der Waals surface area contributed by atoms with Crippen LogP contribution >= 0.6 is 12.6 Å². The fourth-order valence-electron chi connectivity index (χ4n) is 1.78. The highest BCUT2D eigenvalue weighted by molar-refractivity contribution is 7.80. The van der Waals surface area contributed by atoms with Crippen LogP contribution in [0, 0.1) is 0 Å². The SMILES string of the molecule is O=C(O)c1cc(S)ccc1N1CCOCC1. The summed E-state index contributed by atoms with van der Waals surface area (Å²) >= 11 is 4.15. The lowest BCUT2D eigenvalue weighted by atomic mass is 10.1. The number of ether oxygens (including phenoxy) is 1. The molecule has 0 atom stereocenters. The lowest BCUT2D eigenvalue weighted by Crippen LogP contribution is -2.37. The first-order valence-electron chi connectivity index (χ1n) is 5.07. The molecule has 0 bridgehead atoms. The molecule has 1 aliphatic rings. The second-order valence-electron chi connectivity index (χ2n) is 3.61. The van der Waals surface area contributed by atoms with E-state index in [2.05, 4.69) is 12.6 Å². The number of hydrogen-bond acceptors (Lipinski definition) is 4. The van der Waals surface area contributed by atoms with Crippen molar-refractivity contribution >= 4 is 24.3 Å². The van der Waals surface area contributed by atoms with Crippen LogP contribution in [0.3, 0.4) is 0 Å². The van der Waals surface area contributed by atoms with Gasteiger partial charge < -0.3 is 14.7 Å². The molecule has 2 rings (SSSR count). The van der Waals surface area contributed by atoms with Crippen LogP contribution in [-0.2, 0) is 4.74 Å². The number of nitrogens with zero attached hydrogens (tertiary/aromatic N) is 1. The molecule has 1 aliphatic heterocycles. The average Bonchev–Trinajstić information content (AvgIpc) is 2.30. The molecule has 0 unspecified atom stereocenters. The predicted octanol–water partition coefficient (Wildman–Crippen LogP) is 1.51. The van der Waals surface area contributed by atoms with Gasteiger partial charge in [-0.2, -0.15) is 0 Å². The lowest BCUT2D eigenvalue weighted by Gasteiger charge is -2.29. The Morgan fingerprint density at radius 1 is 1.38 bits per heavy atom. The summed E-state index contributed by atoms with van der Waals surface area (Å²) in [4.78, 5) is 13.8. The monoisotopic (exact) mass is 239 g/mol.